The molecule has 1 heterocycles. The van der Waals surface area contributed by atoms with Gasteiger partial charge in [0.05, 0.1) is 4.90 Å². The number of sulfonamides is 1. The lowest BCUT2D eigenvalue weighted by atomic mass is 10.5. The summed E-state index contributed by atoms with van der Waals surface area (Å²) in [5, 5.41) is 11.8. The monoisotopic (exact) mass is 263 g/mol. The third-order valence-corrected chi connectivity index (χ3v) is 4.59. The second-order valence-electron chi connectivity index (χ2n) is 3.19. The van der Waals surface area contributed by atoms with Gasteiger partial charge in [0.2, 0.25) is 10.0 Å². The maximum atomic E-state index is 12.0. The van der Waals surface area contributed by atoms with Crippen LogP contribution in [0, 0.1) is 0 Å². The molecule has 5 nitrogen and oxygen atoms in total. The molecule has 1 aromatic heterocycles. The van der Waals surface area contributed by atoms with E-state index in [-0.39, 0.29) is 11.4 Å². The van der Waals surface area contributed by atoms with Crippen molar-refractivity contribution >= 4 is 27.3 Å². The second-order valence-corrected chi connectivity index (χ2v) is 5.91. The molecule has 0 amide bonds. The minimum absolute atomic E-state index is 0.159. The highest BCUT2D eigenvalue weighted by atomic mass is 32.2. The highest BCUT2D eigenvalue weighted by Crippen LogP contribution is 2.18. The molecule has 0 radical (unpaired) electrons. The highest BCUT2D eigenvalue weighted by molar-refractivity contribution is 7.89. The van der Waals surface area contributed by atoms with Crippen LogP contribution in [0.15, 0.2) is 21.7 Å². The minimum atomic E-state index is -3.65. The molecule has 0 unspecified atom stereocenters. The number of carbonyl (C=O) groups is 1. The maximum absolute atomic E-state index is 12.0. The summed E-state index contributed by atoms with van der Waals surface area (Å²) >= 11 is 1.27. The average molecular weight is 263 g/mol. The lowest BCUT2D eigenvalue weighted by Gasteiger charge is -2.18. The van der Waals surface area contributed by atoms with Gasteiger partial charge in [0, 0.05) is 11.9 Å². The normalized spacial score (nSPS) is 11.9. The zero-order valence-corrected chi connectivity index (χ0v) is 10.4. The van der Waals surface area contributed by atoms with E-state index in [1.165, 1.54) is 22.8 Å². The predicted octanol–water partition coefficient (Wildman–Crippen LogP) is 1.23. The molecule has 7 heteroatoms. The van der Waals surface area contributed by atoms with Crippen LogP contribution in [0.1, 0.15) is 13.3 Å². The number of hydrogen-bond donors (Lipinski definition) is 1. The van der Waals surface area contributed by atoms with Gasteiger partial charge < -0.3 is 5.11 Å². The Morgan fingerprint density at radius 2 is 2.25 bits per heavy atom. The largest absolute Gasteiger partial charge is 0.480 e. The number of carboxylic acids is 1. The van der Waals surface area contributed by atoms with Crippen molar-refractivity contribution < 1.29 is 18.3 Å². The molecule has 1 aromatic rings. The standard InChI is InChI=1S/C9H13NO4S2/c1-2-4-10(6-9(11)12)16(13,14)8-3-5-15-7-8/h3,5,7H,2,4,6H2,1H3,(H,11,12). The quantitative estimate of drug-likeness (QED) is 0.837. The lowest BCUT2D eigenvalue weighted by molar-refractivity contribution is -0.137. The van der Waals surface area contributed by atoms with E-state index in [4.69, 9.17) is 5.11 Å². The molecule has 90 valence electrons. The number of aliphatic carboxylic acids is 1. The van der Waals surface area contributed by atoms with Crippen molar-refractivity contribution in [2.75, 3.05) is 13.1 Å². The molecule has 0 aliphatic heterocycles. The average Bonchev–Trinajstić information content (AvgIpc) is 2.69. The third-order valence-electron chi connectivity index (χ3n) is 1.92. The Morgan fingerprint density at radius 3 is 2.69 bits per heavy atom. The second kappa shape index (κ2) is 5.42. The van der Waals surface area contributed by atoms with Gasteiger partial charge in [0.1, 0.15) is 6.54 Å². The number of rotatable bonds is 6. The smallest absolute Gasteiger partial charge is 0.318 e. The topological polar surface area (TPSA) is 74.7 Å². The van der Waals surface area contributed by atoms with Crippen molar-refractivity contribution in [3.63, 3.8) is 0 Å². The number of nitrogens with zero attached hydrogens (tertiary/aromatic N) is 1. The summed E-state index contributed by atoms with van der Waals surface area (Å²) in [5.41, 5.74) is 0. The number of thiophene rings is 1. The summed E-state index contributed by atoms with van der Waals surface area (Å²) in [4.78, 5) is 10.8. The van der Waals surface area contributed by atoms with E-state index in [9.17, 15) is 13.2 Å². The van der Waals surface area contributed by atoms with Crippen LogP contribution in [0.2, 0.25) is 0 Å². The first-order valence-corrected chi connectivity index (χ1v) is 7.11. The summed E-state index contributed by atoms with van der Waals surface area (Å²) in [7, 11) is -3.65. The number of carboxylic acid groups (broad SMARTS) is 1. The van der Waals surface area contributed by atoms with Crippen LogP contribution in [-0.2, 0) is 14.8 Å². The van der Waals surface area contributed by atoms with Crippen molar-refractivity contribution in [1.29, 1.82) is 0 Å². The van der Waals surface area contributed by atoms with Gasteiger partial charge in [-0.1, -0.05) is 6.92 Å². The maximum Gasteiger partial charge on any atom is 0.318 e. The van der Waals surface area contributed by atoms with Gasteiger partial charge in [-0.05, 0) is 17.9 Å². The Kier molecular flexibility index (Phi) is 4.45. The van der Waals surface area contributed by atoms with Crippen LogP contribution in [0.25, 0.3) is 0 Å². The summed E-state index contributed by atoms with van der Waals surface area (Å²) in [6, 6.07) is 1.48. The lowest BCUT2D eigenvalue weighted by Crippen LogP contribution is -2.36. The Balaban J connectivity index is 2.97. The third kappa shape index (κ3) is 3.03. The van der Waals surface area contributed by atoms with Crippen molar-refractivity contribution in [2.45, 2.75) is 18.2 Å². The molecule has 0 aliphatic rings. The van der Waals surface area contributed by atoms with Crippen LogP contribution >= 0.6 is 11.3 Å². The molecule has 1 N–H and O–H groups in total. The molecule has 0 fully saturated rings. The van der Waals surface area contributed by atoms with Crippen LogP contribution in [0.5, 0.6) is 0 Å². The first kappa shape index (κ1) is 13.1. The predicted molar refractivity (Wildman–Crippen MR) is 61.0 cm³/mol. The van der Waals surface area contributed by atoms with Gasteiger partial charge in [0.15, 0.2) is 0 Å². The molecule has 0 spiro atoms. The van der Waals surface area contributed by atoms with Crippen molar-refractivity contribution in [3.8, 4) is 0 Å². The van der Waals surface area contributed by atoms with E-state index in [0.717, 1.165) is 4.31 Å². The van der Waals surface area contributed by atoms with Gasteiger partial charge in [-0.15, -0.1) is 0 Å². The number of hydrogen-bond acceptors (Lipinski definition) is 4. The first-order chi connectivity index (χ1) is 7.48. The zero-order valence-electron chi connectivity index (χ0n) is 8.79. The summed E-state index contributed by atoms with van der Waals surface area (Å²) in [6.07, 6.45) is 0.580. The van der Waals surface area contributed by atoms with Gasteiger partial charge >= 0.3 is 5.97 Å². The molecule has 0 aliphatic carbocycles. The Morgan fingerprint density at radius 1 is 1.56 bits per heavy atom. The fourth-order valence-electron chi connectivity index (χ4n) is 1.23. The van der Waals surface area contributed by atoms with E-state index >= 15 is 0 Å². The van der Waals surface area contributed by atoms with Crippen LogP contribution in [0.3, 0.4) is 0 Å². The molecule has 0 saturated heterocycles. The van der Waals surface area contributed by atoms with Crippen LogP contribution < -0.4 is 0 Å². The minimum Gasteiger partial charge on any atom is -0.480 e. The summed E-state index contributed by atoms with van der Waals surface area (Å²) in [6.45, 7) is 1.52. The van der Waals surface area contributed by atoms with E-state index in [2.05, 4.69) is 0 Å². The molecule has 1 rings (SSSR count). The first-order valence-electron chi connectivity index (χ1n) is 4.72. The van der Waals surface area contributed by atoms with Gasteiger partial charge in [-0.3, -0.25) is 4.79 Å². The van der Waals surface area contributed by atoms with Gasteiger partial charge in [0.25, 0.3) is 0 Å². The van der Waals surface area contributed by atoms with E-state index in [1.807, 2.05) is 0 Å². The highest BCUT2D eigenvalue weighted by Gasteiger charge is 2.25. The van der Waals surface area contributed by atoms with E-state index in [1.54, 1.807) is 12.3 Å². The SMILES string of the molecule is CCCN(CC(=O)O)S(=O)(=O)c1ccsc1. The zero-order chi connectivity index (χ0) is 12.2. The van der Waals surface area contributed by atoms with Crippen molar-refractivity contribution in [1.82, 2.24) is 4.31 Å². The molecular weight excluding hydrogens is 250 g/mol. The molecule has 16 heavy (non-hydrogen) atoms. The van der Waals surface area contributed by atoms with E-state index in [0.29, 0.717) is 6.42 Å². The fraction of sp³-hybridized carbons (Fsp3) is 0.444. The van der Waals surface area contributed by atoms with E-state index < -0.39 is 22.5 Å². The van der Waals surface area contributed by atoms with Crippen LogP contribution in [0.4, 0.5) is 0 Å². The molecular formula is C9H13NO4S2. The van der Waals surface area contributed by atoms with Gasteiger partial charge in [-0.25, -0.2) is 8.42 Å². The Labute approximate surface area is 98.4 Å². The summed E-state index contributed by atoms with van der Waals surface area (Å²) < 4.78 is 25.0. The van der Waals surface area contributed by atoms with Gasteiger partial charge in [-0.2, -0.15) is 15.6 Å². The van der Waals surface area contributed by atoms with Crippen LogP contribution in [-0.4, -0.2) is 36.9 Å². The molecule has 0 atom stereocenters. The van der Waals surface area contributed by atoms with Crippen molar-refractivity contribution in [3.05, 3.63) is 16.8 Å². The Hall–Kier alpha value is -0.920. The van der Waals surface area contributed by atoms with Crippen molar-refractivity contribution in [2.24, 2.45) is 0 Å². The Bertz CT molecular complexity index is 438. The summed E-state index contributed by atoms with van der Waals surface area (Å²) in [5.74, 6) is -1.15. The molecule has 0 bridgehead atoms. The fourth-order valence-corrected chi connectivity index (χ4v) is 3.73. The molecule has 0 saturated carbocycles. The molecule has 0 aromatic carbocycles.